The molecule has 0 saturated carbocycles. The van der Waals surface area contributed by atoms with Gasteiger partial charge < -0.3 is 15.2 Å². The molecule has 0 bridgehead atoms. The smallest absolute Gasteiger partial charge is 0.334 e. The summed E-state index contributed by atoms with van der Waals surface area (Å²) in [5.74, 6) is -1.76. The van der Waals surface area contributed by atoms with Gasteiger partial charge in [-0.1, -0.05) is 0 Å². The van der Waals surface area contributed by atoms with Crippen LogP contribution in [0.1, 0.15) is 9.67 Å². The van der Waals surface area contributed by atoms with Crippen molar-refractivity contribution in [2.45, 2.75) is 11.0 Å². The number of rotatable bonds is 7. The fourth-order valence-electron chi connectivity index (χ4n) is 1.24. The summed E-state index contributed by atoms with van der Waals surface area (Å²) in [6.07, 6.45) is -1.15. The van der Waals surface area contributed by atoms with Crippen LogP contribution in [0.25, 0.3) is 0 Å². The number of hydrogen-bond donors (Lipinski definition) is 3. The fraction of sp³-hybridized carbons (Fsp3) is 0.400. The summed E-state index contributed by atoms with van der Waals surface area (Å²) in [7, 11) is -1.12. The maximum absolute atomic E-state index is 11.8. The SMILES string of the molecule is CNS(=O)(=O)c1csc(C(=O)NCC(OC)C(=O)O)c1. The molecular formula is C10H14N2O6S2. The zero-order valence-corrected chi connectivity index (χ0v) is 12.4. The molecule has 0 aliphatic heterocycles. The van der Waals surface area contributed by atoms with E-state index in [2.05, 4.69) is 14.8 Å². The van der Waals surface area contributed by atoms with E-state index >= 15 is 0 Å². The standard InChI is InChI=1S/C10H14N2O6S2/c1-11-20(16,17)6-3-8(19-5-6)9(13)12-4-7(18-2)10(14)15/h3,5,7,11H,4H2,1-2H3,(H,12,13)(H,14,15). The number of ether oxygens (including phenoxy) is 1. The molecule has 1 rings (SSSR count). The van der Waals surface area contributed by atoms with Crippen molar-refractivity contribution >= 4 is 33.2 Å². The van der Waals surface area contributed by atoms with Gasteiger partial charge in [0.2, 0.25) is 10.0 Å². The summed E-state index contributed by atoms with van der Waals surface area (Å²) in [6.45, 7) is -0.212. The summed E-state index contributed by atoms with van der Waals surface area (Å²) >= 11 is 0.948. The number of sulfonamides is 1. The number of carboxylic acids is 1. The van der Waals surface area contributed by atoms with E-state index in [0.717, 1.165) is 11.3 Å². The second kappa shape index (κ2) is 6.79. The van der Waals surface area contributed by atoms with Crippen molar-refractivity contribution in [3.05, 3.63) is 16.3 Å². The summed E-state index contributed by atoms with van der Waals surface area (Å²) in [4.78, 5) is 22.6. The number of hydrogen-bond acceptors (Lipinski definition) is 6. The molecule has 1 atom stereocenters. The number of thiophene rings is 1. The minimum atomic E-state index is -3.60. The van der Waals surface area contributed by atoms with Crippen molar-refractivity contribution in [1.29, 1.82) is 0 Å². The van der Waals surface area contributed by atoms with Gasteiger partial charge in [0.05, 0.1) is 16.3 Å². The molecule has 0 aromatic carbocycles. The number of carbonyl (C=O) groups is 2. The van der Waals surface area contributed by atoms with Gasteiger partial charge in [-0.05, 0) is 13.1 Å². The van der Waals surface area contributed by atoms with Gasteiger partial charge in [0.25, 0.3) is 5.91 Å². The molecule has 0 aliphatic rings. The molecule has 1 amide bonds. The van der Waals surface area contributed by atoms with Gasteiger partial charge in [-0.3, -0.25) is 4.79 Å². The zero-order valence-electron chi connectivity index (χ0n) is 10.7. The highest BCUT2D eigenvalue weighted by Gasteiger charge is 2.20. The number of carboxylic acid groups (broad SMARTS) is 1. The molecule has 10 heteroatoms. The second-order valence-electron chi connectivity index (χ2n) is 3.63. The van der Waals surface area contributed by atoms with Crippen molar-refractivity contribution in [1.82, 2.24) is 10.0 Å². The van der Waals surface area contributed by atoms with E-state index in [4.69, 9.17) is 5.11 Å². The lowest BCUT2D eigenvalue weighted by Crippen LogP contribution is -2.37. The Kier molecular flexibility index (Phi) is 5.62. The molecule has 112 valence electrons. The van der Waals surface area contributed by atoms with E-state index in [1.807, 2.05) is 0 Å². The van der Waals surface area contributed by atoms with Crippen molar-refractivity contribution in [3.8, 4) is 0 Å². The first kappa shape index (κ1) is 16.6. The lowest BCUT2D eigenvalue weighted by Gasteiger charge is -2.10. The van der Waals surface area contributed by atoms with Gasteiger partial charge >= 0.3 is 5.97 Å². The van der Waals surface area contributed by atoms with Crippen LogP contribution in [-0.2, 0) is 19.6 Å². The highest BCUT2D eigenvalue weighted by atomic mass is 32.2. The Morgan fingerprint density at radius 2 is 2.15 bits per heavy atom. The number of carbonyl (C=O) groups excluding carboxylic acids is 1. The summed E-state index contributed by atoms with van der Waals surface area (Å²) in [5, 5.41) is 12.4. The highest BCUT2D eigenvalue weighted by molar-refractivity contribution is 7.89. The van der Waals surface area contributed by atoms with Crippen LogP contribution in [0.2, 0.25) is 0 Å². The number of amides is 1. The Balaban J connectivity index is 2.72. The molecule has 1 aromatic rings. The molecule has 1 heterocycles. The van der Waals surface area contributed by atoms with Crippen molar-refractivity contribution in [2.24, 2.45) is 0 Å². The fourth-order valence-corrected chi connectivity index (χ4v) is 3.16. The van der Waals surface area contributed by atoms with Crippen LogP contribution >= 0.6 is 11.3 Å². The average molecular weight is 322 g/mol. The Morgan fingerprint density at radius 3 is 2.65 bits per heavy atom. The van der Waals surface area contributed by atoms with Crippen LogP contribution in [0.4, 0.5) is 0 Å². The number of methoxy groups -OCH3 is 1. The molecule has 1 aromatic heterocycles. The molecule has 20 heavy (non-hydrogen) atoms. The third kappa shape index (κ3) is 4.00. The van der Waals surface area contributed by atoms with Gasteiger partial charge in [0, 0.05) is 12.5 Å². The maximum atomic E-state index is 11.8. The van der Waals surface area contributed by atoms with E-state index in [-0.39, 0.29) is 16.3 Å². The Labute approximate surface area is 119 Å². The minimum Gasteiger partial charge on any atom is -0.479 e. The van der Waals surface area contributed by atoms with Crippen LogP contribution in [0.3, 0.4) is 0 Å². The van der Waals surface area contributed by atoms with Gasteiger partial charge in [0.15, 0.2) is 6.10 Å². The Bertz CT molecular complexity index is 595. The first-order valence-electron chi connectivity index (χ1n) is 5.37. The van der Waals surface area contributed by atoms with Gasteiger partial charge in [-0.25, -0.2) is 17.9 Å². The molecule has 3 N–H and O–H groups in total. The van der Waals surface area contributed by atoms with E-state index in [0.29, 0.717) is 0 Å². The van der Waals surface area contributed by atoms with Crippen LogP contribution in [0.15, 0.2) is 16.3 Å². The third-order valence-corrected chi connectivity index (χ3v) is 4.86. The summed E-state index contributed by atoms with van der Waals surface area (Å²) in [5.41, 5.74) is 0. The summed E-state index contributed by atoms with van der Waals surface area (Å²) < 4.78 is 29.8. The van der Waals surface area contributed by atoms with E-state index in [9.17, 15) is 18.0 Å². The average Bonchev–Trinajstić information content (AvgIpc) is 2.89. The molecule has 1 unspecified atom stereocenters. The highest BCUT2D eigenvalue weighted by Crippen LogP contribution is 2.18. The van der Waals surface area contributed by atoms with Crippen molar-refractivity contribution in [2.75, 3.05) is 20.7 Å². The third-order valence-electron chi connectivity index (χ3n) is 2.39. The largest absolute Gasteiger partial charge is 0.479 e. The zero-order chi connectivity index (χ0) is 15.3. The topological polar surface area (TPSA) is 122 Å². The van der Waals surface area contributed by atoms with Gasteiger partial charge in [-0.2, -0.15) is 0 Å². The predicted octanol–water partition coefficient (Wildman–Crippen LogP) is -0.514. The van der Waals surface area contributed by atoms with Crippen molar-refractivity contribution in [3.63, 3.8) is 0 Å². The lowest BCUT2D eigenvalue weighted by molar-refractivity contribution is -0.148. The Morgan fingerprint density at radius 1 is 1.50 bits per heavy atom. The van der Waals surface area contributed by atoms with E-state index < -0.39 is 28.0 Å². The molecule has 0 spiro atoms. The monoisotopic (exact) mass is 322 g/mol. The van der Waals surface area contributed by atoms with Crippen LogP contribution < -0.4 is 10.0 Å². The van der Waals surface area contributed by atoms with E-state index in [1.54, 1.807) is 0 Å². The second-order valence-corrected chi connectivity index (χ2v) is 6.42. The lowest BCUT2D eigenvalue weighted by atomic mass is 10.3. The minimum absolute atomic E-state index is 0.0170. The first-order chi connectivity index (χ1) is 9.31. The van der Waals surface area contributed by atoms with Crippen LogP contribution in [0.5, 0.6) is 0 Å². The summed E-state index contributed by atoms with van der Waals surface area (Å²) in [6, 6.07) is 1.22. The van der Waals surface area contributed by atoms with Crippen LogP contribution in [-0.4, -0.2) is 52.2 Å². The molecule has 8 nitrogen and oxygen atoms in total. The van der Waals surface area contributed by atoms with Crippen molar-refractivity contribution < 1.29 is 27.9 Å². The molecular weight excluding hydrogens is 308 g/mol. The quantitative estimate of drug-likeness (QED) is 0.621. The van der Waals surface area contributed by atoms with Crippen LogP contribution in [0, 0.1) is 0 Å². The molecule has 0 radical (unpaired) electrons. The van der Waals surface area contributed by atoms with E-state index in [1.165, 1.54) is 25.6 Å². The van der Waals surface area contributed by atoms with Gasteiger partial charge in [0.1, 0.15) is 0 Å². The normalized spacial score (nSPS) is 12.9. The molecule has 0 fully saturated rings. The first-order valence-corrected chi connectivity index (χ1v) is 7.74. The molecule has 0 saturated heterocycles. The number of nitrogens with one attached hydrogen (secondary N) is 2. The predicted molar refractivity (Wildman–Crippen MR) is 71.3 cm³/mol. The Hall–Kier alpha value is -1.49. The molecule has 0 aliphatic carbocycles. The van der Waals surface area contributed by atoms with Gasteiger partial charge in [-0.15, -0.1) is 11.3 Å². The maximum Gasteiger partial charge on any atom is 0.334 e. The number of aliphatic carboxylic acids is 1.